The molecule has 178 valence electrons. The smallest absolute Gasteiger partial charge is 0.410 e. The van der Waals surface area contributed by atoms with Crippen molar-refractivity contribution in [2.24, 2.45) is 5.92 Å². The average molecular weight is 484 g/mol. The van der Waals surface area contributed by atoms with Crippen LogP contribution in [0.25, 0.3) is 10.9 Å². The predicted octanol–water partition coefficient (Wildman–Crippen LogP) is 3.38. The minimum absolute atomic E-state index is 0.00635. The molecule has 1 aromatic heterocycles. The zero-order chi connectivity index (χ0) is 24.7. The first-order chi connectivity index (χ1) is 16.3. The number of carbonyl (C=O) groups excluding carboxylic acids is 4. The molecule has 0 radical (unpaired) electrons. The lowest BCUT2D eigenvalue weighted by Crippen LogP contribution is -2.43. The van der Waals surface area contributed by atoms with Gasteiger partial charge in [0.2, 0.25) is 5.91 Å². The van der Waals surface area contributed by atoms with Crippen molar-refractivity contribution < 1.29 is 28.7 Å². The van der Waals surface area contributed by atoms with Crippen LogP contribution >= 0.6 is 12.6 Å². The maximum Gasteiger partial charge on any atom is 0.410 e. The first kappa shape index (κ1) is 25.0. The van der Waals surface area contributed by atoms with E-state index in [-0.39, 0.29) is 42.9 Å². The van der Waals surface area contributed by atoms with Gasteiger partial charge in [-0.2, -0.15) is 0 Å². The van der Waals surface area contributed by atoms with Crippen molar-refractivity contribution in [3.63, 3.8) is 0 Å². The molecule has 0 unspecified atom stereocenters. The van der Waals surface area contributed by atoms with Gasteiger partial charge in [-0.15, -0.1) is 12.6 Å². The van der Waals surface area contributed by atoms with Crippen LogP contribution in [0.3, 0.4) is 0 Å². The molecule has 10 heteroatoms. The largest absolute Gasteiger partial charge is 0.457 e. The van der Waals surface area contributed by atoms with Crippen molar-refractivity contribution in [3.05, 3.63) is 61.3 Å². The van der Waals surface area contributed by atoms with E-state index in [1.54, 1.807) is 24.3 Å². The molecule has 2 heterocycles. The number of likely N-dealkylation sites (tertiary alicyclic amines) is 1. The monoisotopic (exact) mass is 483 g/mol. The summed E-state index contributed by atoms with van der Waals surface area (Å²) in [4.78, 5) is 54.9. The zero-order valence-electron chi connectivity index (χ0n) is 18.4. The highest BCUT2D eigenvalue weighted by molar-refractivity contribution is 7.96. The number of nitrogens with one attached hydrogen (secondary N) is 1. The maximum absolute atomic E-state index is 13.2. The van der Waals surface area contributed by atoms with Gasteiger partial charge in [-0.1, -0.05) is 31.4 Å². The number of fused-ring (bicyclic) bond motifs is 1. The molecule has 2 atom stereocenters. The number of pyridine rings is 1. The van der Waals surface area contributed by atoms with Crippen LogP contribution < -0.4 is 5.32 Å². The number of ether oxygens (including phenoxy) is 2. The van der Waals surface area contributed by atoms with Gasteiger partial charge in [-0.25, -0.2) is 14.6 Å². The van der Waals surface area contributed by atoms with E-state index in [1.165, 1.54) is 23.1 Å². The van der Waals surface area contributed by atoms with E-state index in [1.807, 2.05) is 0 Å². The number of aromatic nitrogens is 1. The van der Waals surface area contributed by atoms with Gasteiger partial charge in [-0.05, 0) is 36.6 Å². The second-order valence-corrected chi connectivity index (χ2v) is 8.18. The Morgan fingerprint density at radius 3 is 2.56 bits per heavy atom. The summed E-state index contributed by atoms with van der Waals surface area (Å²) in [5.74, 6) is -1.22. The highest BCUT2D eigenvalue weighted by atomic mass is 32.1. The molecule has 1 aliphatic rings. The van der Waals surface area contributed by atoms with Crippen molar-refractivity contribution in [2.75, 3.05) is 25.1 Å². The van der Waals surface area contributed by atoms with E-state index in [2.05, 4.69) is 36.1 Å². The van der Waals surface area contributed by atoms with E-state index in [0.717, 1.165) is 0 Å². The summed E-state index contributed by atoms with van der Waals surface area (Å²) in [6, 6.07) is 7.44. The fraction of sp³-hybridized carbons (Fsp3) is 0.292. The minimum atomic E-state index is -0.827. The number of anilines is 1. The summed E-state index contributed by atoms with van der Waals surface area (Å²) in [6.45, 7) is 7.30. The lowest BCUT2D eigenvalue weighted by Gasteiger charge is -2.23. The van der Waals surface area contributed by atoms with Crippen LogP contribution in [0.15, 0.2) is 55.6 Å². The third-order valence-electron chi connectivity index (χ3n) is 5.24. The van der Waals surface area contributed by atoms with Gasteiger partial charge in [-0.3, -0.25) is 14.5 Å². The maximum atomic E-state index is 13.2. The highest BCUT2D eigenvalue weighted by Crippen LogP contribution is 2.29. The Hall–Kier alpha value is -3.66. The number of thiol groups is 1. The molecule has 0 spiro atoms. The molecular formula is C24H25N3O6S. The van der Waals surface area contributed by atoms with Crippen LogP contribution in [0.4, 0.5) is 10.5 Å². The molecule has 2 amide bonds. The summed E-state index contributed by atoms with van der Waals surface area (Å²) in [6.07, 6.45) is 2.67. The molecule has 1 aliphatic heterocycles. The quantitative estimate of drug-likeness (QED) is 0.319. The summed E-state index contributed by atoms with van der Waals surface area (Å²) in [5.41, 5.74) is 1.08. The van der Waals surface area contributed by atoms with E-state index >= 15 is 0 Å². The van der Waals surface area contributed by atoms with Crippen LogP contribution in [-0.2, 0) is 19.1 Å². The summed E-state index contributed by atoms with van der Waals surface area (Å²) in [7, 11) is 0. The number of hydrogen-bond donors (Lipinski definition) is 2. The Labute approximate surface area is 202 Å². The minimum Gasteiger partial charge on any atom is -0.457 e. The van der Waals surface area contributed by atoms with Crippen LogP contribution in [0.5, 0.6) is 0 Å². The number of rotatable bonds is 9. The normalized spacial score (nSPS) is 17.1. The third kappa shape index (κ3) is 6.02. The van der Waals surface area contributed by atoms with Crippen molar-refractivity contribution in [2.45, 2.75) is 18.9 Å². The van der Waals surface area contributed by atoms with E-state index in [0.29, 0.717) is 23.0 Å². The first-order valence-corrected chi connectivity index (χ1v) is 11.0. The Morgan fingerprint density at radius 1 is 1.12 bits per heavy atom. The van der Waals surface area contributed by atoms with Crippen LogP contribution in [0, 0.1) is 5.92 Å². The number of amides is 2. The zero-order valence-corrected chi connectivity index (χ0v) is 19.3. The van der Waals surface area contributed by atoms with Gasteiger partial charge in [0, 0.05) is 18.4 Å². The number of nitrogens with zero attached hydrogens (tertiary/aromatic N) is 2. The summed E-state index contributed by atoms with van der Waals surface area (Å²) in [5, 5.41) is 3.14. The van der Waals surface area contributed by atoms with E-state index in [4.69, 9.17) is 9.47 Å². The van der Waals surface area contributed by atoms with Gasteiger partial charge >= 0.3 is 12.1 Å². The topological polar surface area (TPSA) is 115 Å². The van der Waals surface area contributed by atoms with Gasteiger partial charge < -0.3 is 14.8 Å². The molecular weight excluding hydrogens is 458 g/mol. The van der Waals surface area contributed by atoms with Crippen molar-refractivity contribution in [1.29, 1.82) is 0 Å². The standard InChI is InChI=1S/C24H25N3O6S/c1-3-10-32-23(30)19-9-8-16-17(25-19)6-5-7-18(16)26-22(29)20-12-15(13-21(28)34)14-27(20)24(31)33-11-4-2/h3-9,15,20H,1-2,10-14H2,(H,26,29)(H,28,34)/t15-,20-/m0/s1. The van der Waals surface area contributed by atoms with Crippen LogP contribution in [-0.4, -0.2) is 58.8 Å². The van der Waals surface area contributed by atoms with E-state index in [9.17, 15) is 19.2 Å². The van der Waals surface area contributed by atoms with Crippen LogP contribution in [0.2, 0.25) is 0 Å². The van der Waals surface area contributed by atoms with Crippen molar-refractivity contribution in [3.8, 4) is 0 Å². The molecule has 9 nitrogen and oxygen atoms in total. The number of esters is 1. The lowest BCUT2D eigenvalue weighted by atomic mass is 10.0. The molecule has 1 fully saturated rings. The second kappa shape index (κ2) is 11.5. The second-order valence-electron chi connectivity index (χ2n) is 7.68. The van der Waals surface area contributed by atoms with Gasteiger partial charge in [0.1, 0.15) is 24.9 Å². The SMILES string of the molecule is C=CCOC(=O)c1ccc2c(NC(=O)[C@@H]3C[C@@H](CC(=O)S)CN3C(=O)OCC=C)cccc2n1. The van der Waals surface area contributed by atoms with Gasteiger partial charge in [0.05, 0.1) is 11.2 Å². The Balaban J connectivity index is 1.81. The molecule has 1 N–H and O–H groups in total. The average Bonchev–Trinajstić information content (AvgIpc) is 3.24. The van der Waals surface area contributed by atoms with E-state index < -0.39 is 24.0 Å². The van der Waals surface area contributed by atoms with Gasteiger partial charge in [0.15, 0.2) is 5.12 Å². The Bertz CT molecular complexity index is 1130. The number of carbonyl (C=O) groups is 4. The summed E-state index contributed by atoms with van der Waals surface area (Å²) >= 11 is 3.82. The Kier molecular flexibility index (Phi) is 8.42. The first-order valence-electron chi connectivity index (χ1n) is 10.6. The van der Waals surface area contributed by atoms with Gasteiger partial charge in [0.25, 0.3) is 0 Å². The molecule has 34 heavy (non-hydrogen) atoms. The number of benzene rings is 1. The third-order valence-corrected chi connectivity index (χ3v) is 5.43. The van der Waals surface area contributed by atoms with Crippen molar-refractivity contribution in [1.82, 2.24) is 9.88 Å². The Morgan fingerprint density at radius 2 is 1.85 bits per heavy atom. The fourth-order valence-corrected chi connectivity index (χ4v) is 4.04. The molecule has 3 rings (SSSR count). The summed E-state index contributed by atoms with van der Waals surface area (Å²) < 4.78 is 10.1. The molecule has 1 saturated heterocycles. The highest BCUT2D eigenvalue weighted by Gasteiger charge is 2.41. The van der Waals surface area contributed by atoms with Crippen molar-refractivity contribution >= 4 is 52.3 Å². The molecule has 1 aromatic carbocycles. The fourth-order valence-electron chi connectivity index (χ4n) is 3.78. The molecule has 0 aliphatic carbocycles. The molecule has 2 aromatic rings. The predicted molar refractivity (Wildman–Crippen MR) is 130 cm³/mol. The number of hydrogen-bond acceptors (Lipinski definition) is 7. The van der Waals surface area contributed by atoms with Crippen LogP contribution in [0.1, 0.15) is 23.3 Å². The molecule has 0 saturated carbocycles. The molecule has 0 bridgehead atoms. The lowest BCUT2D eigenvalue weighted by molar-refractivity contribution is -0.120.